The Bertz CT molecular complexity index is 1090. The van der Waals surface area contributed by atoms with Crippen molar-refractivity contribution >= 4 is 44.9 Å². The average molecular weight is 466 g/mol. The molecule has 0 bridgehead atoms. The zero-order valence-corrected chi connectivity index (χ0v) is 17.6. The molecule has 0 spiro atoms. The number of ether oxygens (including phenoxy) is 1. The van der Waals surface area contributed by atoms with Crippen LogP contribution in [-0.4, -0.2) is 17.9 Å². The lowest BCUT2D eigenvalue weighted by molar-refractivity contribution is -0.148. The summed E-state index contributed by atoms with van der Waals surface area (Å²) in [4.78, 5) is 26.0. The Balaban J connectivity index is 1.55. The number of amides is 1. The van der Waals surface area contributed by atoms with E-state index in [0.29, 0.717) is 11.4 Å². The van der Waals surface area contributed by atoms with E-state index in [9.17, 15) is 9.59 Å². The van der Waals surface area contributed by atoms with Crippen LogP contribution in [0.15, 0.2) is 77.3 Å². The zero-order chi connectivity index (χ0) is 21.1. The predicted octanol–water partition coefficient (Wildman–Crippen LogP) is 4.29. The minimum absolute atomic E-state index is 0.145. The van der Waals surface area contributed by atoms with Crippen LogP contribution in [0.4, 0.5) is 17.1 Å². The van der Waals surface area contributed by atoms with Gasteiger partial charge in [-0.1, -0.05) is 64.5 Å². The van der Waals surface area contributed by atoms with E-state index in [1.165, 1.54) is 0 Å². The number of rotatable bonds is 5. The van der Waals surface area contributed by atoms with Gasteiger partial charge in [0.05, 0.1) is 11.4 Å². The van der Waals surface area contributed by atoms with Gasteiger partial charge in [0.25, 0.3) is 0 Å². The van der Waals surface area contributed by atoms with Crippen molar-refractivity contribution in [3.05, 3.63) is 88.4 Å². The van der Waals surface area contributed by atoms with Gasteiger partial charge in [-0.3, -0.25) is 9.59 Å². The summed E-state index contributed by atoms with van der Waals surface area (Å²) in [6, 6.07) is 21.2. The van der Waals surface area contributed by atoms with Crippen molar-refractivity contribution in [3.63, 3.8) is 0 Å². The van der Waals surface area contributed by atoms with Gasteiger partial charge in [0.1, 0.15) is 18.6 Å². The largest absolute Gasteiger partial charge is 0.460 e. The summed E-state index contributed by atoms with van der Waals surface area (Å²) in [6.07, 6.45) is 0. The molecule has 0 saturated heterocycles. The second kappa shape index (κ2) is 8.59. The number of esters is 1. The first-order valence-corrected chi connectivity index (χ1v) is 10.2. The maximum Gasteiger partial charge on any atom is 0.316 e. The lowest BCUT2D eigenvalue weighted by Gasteiger charge is -2.19. The van der Waals surface area contributed by atoms with E-state index in [0.717, 1.165) is 21.3 Å². The van der Waals surface area contributed by atoms with E-state index in [1.54, 1.807) is 18.2 Å². The molecule has 4 rings (SSSR count). The summed E-state index contributed by atoms with van der Waals surface area (Å²) in [5, 5.41) is 5.97. The van der Waals surface area contributed by atoms with Crippen molar-refractivity contribution < 1.29 is 14.3 Å². The van der Waals surface area contributed by atoms with Crippen molar-refractivity contribution in [1.29, 1.82) is 0 Å². The highest BCUT2D eigenvalue weighted by molar-refractivity contribution is 9.10. The molecule has 0 saturated carbocycles. The van der Waals surface area contributed by atoms with Gasteiger partial charge in [-0.25, -0.2) is 0 Å². The summed E-state index contributed by atoms with van der Waals surface area (Å²) in [5.41, 5.74) is 9.27. The summed E-state index contributed by atoms with van der Waals surface area (Å²) in [7, 11) is 0. The molecule has 4 N–H and O–H groups in total. The maximum atomic E-state index is 13.1. The molecule has 152 valence electrons. The van der Waals surface area contributed by atoms with Crippen molar-refractivity contribution in [2.45, 2.75) is 18.6 Å². The molecule has 0 fully saturated rings. The Hall–Kier alpha value is -3.32. The molecule has 2 atom stereocenters. The van der Waals surface area contributed by atoms with Crippen LogP contribution in [0.5, 0.6) is 0 Å². The number of hydrogen-bond donors (Lipinski definition) is 3. The topological polar surface area (TPSA) is 93.5 Å². The lowest BCUT2D eigenvalue weighted by Crippen LogP contribution is -2.39. The fraction of sp³-hybridized carbons (Fsp3) is 0.130. The Morgan fingerprint density at radius 3 is 2.53 bits per heavy atom. The van der Waals surface area contributed by atoms with Gasteiger partial charge in [-0.15, -0.1) is 0 Å². The molecule has 7 heteroatoms. The fourth-order valence-corrected chi connectivity index (χ4v) is 3.87. The highest BCUT2D eigenvalue weighted by Gasteiger charge is 2.42. The molecule has 30 heavy (non-hydrogen) atoms. The number of para-hydroxylation sites is 1. The number of carbonyl (C=O) groups excluding carboxylic acids is 2. The van der Waals surface area contributed by atoms with Gasteiger partial charge in [-0.05, 0) is 35.4 Å². The third-order valence-corrected chi connectivity index (χ3v) is 5.47. The maximum absolute atomic E-state index is 13.1. The molecule has 1 aliphatic rings. The normalized spacial score (nSPS) is 17.0. The summed E-state index contributed by atoms with van der Waals surface area (Å²) in [5.74, 6) is -1.58. The number of nitrogens with one attached hydrogen (secondary N) is 2. The Morgan fingerprint density at radius 2 is 1.77 bits per heavy atom. The Morgan fingerprint density at radius 1 is 1.03 bits per heavy atom. The standard InChI is InChI=1S/C23H20BrN3O3/c24-15-10-11-19(17(25)12-15)27-22(28)21-20(16-8-4-5-9-18(16)26-21)23(29)30-13-14-6-2-1-3-7-14/h1-12,20-21,26H,13,25H2,(H,27,28)/t20?,21-/m0/s1. The SMILES string of the molecule is Nc1cc(Br)ccc1NC(=O)[C@H]1Nc2ccccc2C1C(=O)OCc1ccccc1. The lowest BCUT2D eigenvalue weighted by atomic mass is 9.94. The van der Waals surface area contributed by atoms with Crippen LogP contribution >= 0.6 is 15.9 Å². The Kier molecular flexibility index (Phi) is 5.72. The Labute approximate surface area is 182 Å². The van der Waals surface area contributed by atoms with Crippen LogP contribution in [0.1, 0.15) is 17.0 Å². The van der Waals surface area contributed by atoms with Gasteiger partial charge < -0.3 is 21.1 Å². The third-order valence-electron chi connectivity index (χ3n) is 4.97. The number of carbonyl (C=O) groups is 2. The quantitative estimate of drug-likeness (QED) is 0.385. The van der Waals surface area contributed by atoms with Crippen molar-refractivity contribution in [2.24, 2.45) is 0 Å². The number of halogens is 1. The van der Waals surface area contributed by atoms with Gasteiger partial charge >= 0.3 is 5.97 Å². The van der Waals surface area contributed by atoms with E-state index in [2.05, 4.69) is 26.6 Å². The van der Waals surface area contributed by atoms with Crippen LogP contribution in [0, 0.1) is 0 Å². The molecule has 0 aliphatic carbocycles. The molecular weight excluding hydrogens is 446 g/mol. The van der Waals surface area contributed by atoms with Gasteiger partial charge in [0.15, 0.2) is 0 Å². The number of benzene rings is 3. The van der Waals surface area contributed by atoms with Gasteiger partial charge in [-0.2, -0.15) is 0 Å². The van der Waals surface area contributed by atoms with Gasteiger partial charge in [0, 0.05) is 10.2 Å². The number of anilines is 3. The smallest absolute Gasteiger partial charge is 0.316 e. The van der Waals surface area contributed by atoms with Crippen LogP contribution in [0.25, 0.3) is 0 Å². The molecule has 1 unspecified atom stereocenters. The molecule has 1 heterocycles. The van der Waals surface area contributed by atoms with Crippen LogP contribution in [0.3, 0.4) is 0 Å². The number of hydrogen-bond acceptors (Lipinski definition) is 5. The minimum Gasteiger partial charge on any atom is -0.460 e. The predicted molar refractivity (Wildman–Crippen MR) is 120 cm³/mol. The molecule has 6 nitrogen and oxygen atoms in total. The van der Waals surface area contributed by atoms with Crippen LogP contribution < -0.4 is 16.4 Å². The van der Waals surface area contributed by atoms with Crippen LogP contribution in [-0.2, 0) is 20.9 Å². The third kappa shape index (κ3) is 4.16. The molecule has 1 aliphatic heterocycles. The first-order chi connectivity index (χ1) is 14.5. The van der Waals surface area contributed by atoms with E-state index < -0.39 is 17.9 Å². The second-order valence-electron chi connectivity index (χ2n) is 7.00. The van der Waals surface area contributed by atoms with E-state index in [1.807, 2.05) is 54.6 Å². The monoisotopic (exact) mass is 465 g/mol. The first kappa shape index (κ1) is 20.0. The molecule has 3 aromatic carbocycles. The molecular formula is C23H20BrN3O3. The van der Waals surface area contributed by atoms with Gasteiger partial charge in [0.2, 0.25) is 5.91 Å². The highest BCUT2D eigenvalue weighted by atomic mass is 79.9. The first-order valence-electron chi connectivity index (χ1n) is 9.45. The zero-order valence-electron chi connectivity index (χ0n) is 16.0. The highest BCUT2D eigenvalue weighted by Crippen LogP contribution is 2.37. The second-order valence-corrected chi connectivity index (χ2v) is 7.92. The number of fused-ring (bicyclic) bond motifs is 1. The minimum atomic E-state index is -0.811. The van der Waals surface area contributed by atoms with E-state index >= 15 is 0 Å². The molecule has 0 radical (unpaired) electrons. The summed E-state index contributed by atoms with van der Waals surface area (Å²) in [6.45, 7) is 0.145. The van der Waals surface area contributed by atoms with Crippen molar-refractivity contribution in [2.75, 3.05) is 16.4 Å². The fourth-order valence-electron chi connectivity index (χ4n) is 3.49. The van der Waals surface area contributed by atoms with E-state index in [-0.39, 0.29) is 12.5 Å². The van der Waals surface area contributed by atoms with Crippen molar-refractivity contribution in [3.8, 4) is 0 Å². The summed E-state index contributed by atoms with van der Waals surface area (Å²) < 4.78 is 6.36. The number of nitrogens with two attached hydrogens (primary N) is 1. The van der Waals surface area contributed by atoms with E-state index in [4.69, 9.17) is 10.5 Å². The van der Waals surface area contributed by atoms with Crippen LogP contribution in [0.2, 0.25) is 0 Å². The van der Waals surface area contributed by atoms with Crippen molar-refractivity contribution in [1.82, 2.24) is 0 Å². The molecule has 0 aromatic heterocycles. The summed E-state index contributed by atoms with van der Waals surface area (Å²) >= 11 is 3.35. The molecule has 3 aromatic rings. The average Bonchev–Trinajstić information content (AvgIpc) is 3.14. The molecule has 1 amide bonds. The number of nitrogen functional groups attached to an aromatic ring is 1.